The number of hydrogen-bond acceptors (Lipinski definition) is 3. The second kappa shape index (κ2) is 5.61. The number of benzene rings is 1. The molecule has 1 aromatic heterocycles. The standard InChI is InChI=1S/C13H8BrFN2O/c14-7-9-3-2-6-17-13(9)18-12-5-1-4-11(15)10(12)8-16/h1-6H,7H2. The number of nitriles is 1. The van der Waals surface area contributed by atoms with Gasteiger partial charge in [-0.3, -0.25) is 0 Å². The minimum atomic E-state index is -0.605. The van der Waals surface area contributed by atoms with Crippen LogP contribution in [0.15, 0.2) is 36.5 Å². The summed E-state index contributed by atoms with van der Waals surface area (Å²) in [4.78, 5) is 4.07. The highest BCUT2D eigenvalue weighted by Gasteiger charge is 2.12. The van der Waals surface area contributed by atoms with Crippen molar-refractivity contribution in [3.05, 3.63) is 53.5 Å². The van der Waals surface area contributed by atoms with Gasteiger partial charge in [0, 0.05) is 17.1 Å². The van der Waals surface area contributed by atoms with E-state index in [0.29, 0.717) is 11.2 Å². The fourth-order valence-corrected chi connectivity index (χ4v) is 1.85. The molecule has 1 heterocycles. The van der Waals surface area contributed by atoms with Crippen molar-refractivity contribution in [3.8, 4) is 17.7 Å². The molecular formula is C13H8BrFN2O. The van der Waals surface area contributed by atoms with Crippen LogP contribution in [0, 0.1) is 17.1 Å². The normalized spacial score (nSPS) is 9.83. The van der Waals surface area contributed by atoms with Gasteiger partial charge in [-0.2, -0.15) is 5.26 Å². The van der Waals surface area contributed by atoms with Crippen LogP contribution in [0.3, 0.4) is 0 Å². The van der Waals surface area contributed by atoms with Crippen LogP contribution >= 0.6 is 15.9 Å². The number of aromatic nitrogens is 1. The topological polar surface area (TPSA) is 45.9 Å². The molecule has 0 unspecified atom stereocenters. The Morgan fingerprint density at radius 2 is 2.17 bits per heavy atom. The Kier molecular flexibility index (Phi) is 3.90. The SMILES string of the molecule is N#Cc1c(F)cccc1Oc1ncccc1CBr. The number of alkyl halides is 1. The Balaban J connectivity index is 2.41. The van der Waals surface area contributed by atoms with Gasteiger partial charge in [0.05, 0.1) is 0 Å². The number of hydrogen-bond donors (Lipinski definition) is 0. The summed E-state index contributed by atoms with van der Waals surface area (Å²) in [6.07, 6.45) is 1.58. The maximum Gasteiger partial charge on any atom is 0.223 e. The second-order valence-corrected chi connectivity index (χ2v) is 3.99. The highest BCUT2D eigenvalue weighted by Crippen LogP contribution is 2.28. The van der Waals surface area contributed by atoms with Crippen molar-refractivity contribution in [1.82, 2.24) is 4.98 Å². The first-order valence-electron chi connectivity index (χ1n) is 5.12. The summed E-state index contributed by atoms with van der Waals surface area (Å²) in [6, 6.07) is 9.64. The Morgan fingerprint density at radius 3 is 2.89 bits per heavy atom. The summed E-state index contributed by atoms with van der Waals surface area (Å²) < 4.78 is 18.9. The highest BCUT2D eigenvalue weighted by molar-refractivity contribution is 9.08. The molecule has 1 aromatic carbocycles. The van der Waals surface area contributed by atoms with Gasteiger partial charge < -0.3 is 4.74 Å². The molecule has 0 aliphatic heterocycles. The predicted molar refractivity (Wildman–Crippen MR) is 68.1 cm³/mol. The molecule has 3 nitrogen and oxygen atoms in total. The van der Waals surface area contributed by atoms with Gasteiger partial charge in [-0.05, 0) is 18.2 Å². The van der Waals surface area contributed by atoms with Crippen molar-refractivity contribution in [3.63, 3.8) is 0 Å². The molecule has 0 saturated carbocycles. The van der Waals surface area contributed by atoms with Crippen LogP contribution < -0.4 is 4.74 Å². The molecule has 18 heavy (non-hydrogen) atoms. The van der Waals surface area contributed by atoms with Crippen LogP contribution in [-0.2, 0) is 5.33 Å². The zero-order valence-corrected chi connectivity index (χ0v) is 10.8. The molecule has 0 spiro atoms. The zero-order valence-electron chi connectivity index (χ0n) is 9.23. The summed E-state index contributed by atoms with van der Waals surface area (Å²) in [6.45, 7) is 0. The first kappa shape index (κ1) is 12.5. The van der Waals surface area contributed by atoms with E-state index in [-0.39, 0.29) is 11.3 Å². The lowest BCUT2D eigenvalue weighted by Gasteiger charge is -2.09. The van der Waals surface area contributed by atoms with Gasteiger partial charge in [0.2, 0.25) is 5.88 Å². The average molecular weight is 307 g/mol. The molecule has 0 bridgehead atoms. The maximum atomic E-state index is 13.4. The largest absolute Gasteiger partial charge is 0.437 e. The van der Waals surface area contributed by atoms with Crippen molar-refractivity contribution in [2.24, 2.45) is 0 Å². The van der Waals surface area contributed by atoms with E-state index < -0.39 is 5.82 Å². The molecule has 2 aromatic rings. The maximum absolute atomic E-state index is 13.4. The van der Waals surface area contributed by atoms with Gasteiger partial charge in [-0.15, -0.1) is 0 Å². The lowest BCUT2D eigenvalue weighted by molar-refractivity contribution is 0.452. The first-order valence-corrected chi connectivity index (χ1v) is 6.24. The van der Waals surface area contributed by atoms with Crippen LogP contribution in [0.5, 0.6) is 11.6 Å². The van der Waals surface area contributed by atoms with Crippen molar-refractivity contribution in [1.29, 1.82) is 5.26 Å². The van der Waals surface area contributed by atoms with Gasteiger partial charge >= 0.3 is 0 Å². The van der Waals surface area contributed by atoms with Gasteiger partial charge in [0.25, 0.3) is 0 Å². The summed E-state index contributed by atoms with van der Waals surface area (Å²) >= 11 is 3.31. The molecule has 0 saturated heterocycles. The number of halogens is 2. The molecule has 0 N–H and O–H groups in total. The van der Waals surface area contributed by atoms with E-state index in [0.717, 1.165) is 5.56 Å². The molecule has 0 amide bonds. The third-order valence-corrected chi connectivity index (χ3v) is 2.89. The average Bonchev–Trinajstić information content (AvgIpc) is 2.40. The Morgan fingerprint density at radius 1 is 1.33 bits per heavy atom. The van der Waals surface area contributed by atoms with Crippen LogP contribution in [0.4, 0.5) is 4.39 Å². The van der Waals surface area contributed by atoms with E-state index >= 15 is 0 Å². The third kappa shape index (κ3) is 2.49. The van der Waals surface area contributed by atoms with E-state index in [4.69, 9.17) is 10.00 Å². The van der Waals surface area contributed by atoms with Gasteiger partial charge in [-0.25, -0.2) is 9.37 Å². The second-order valence-electron chi connectivity index (χ2n) is 3.43. The van der Waals surface area contributed by atoms with E-state index in [1.807, 2.05) is 6.07 Å². The van der Waals surface area contributed by atoms with Crippen molar-refractivity contribution in [2.45, 2.75) is 5.33 Å². The molecule has 0 radical (unpaired) electrons. The number of pyridine rings is 1. The fourth-order valence-electron chi connectivity index (χ4n) is 1.42. The van der Waals surface area contributed by atoms with Crippen molar-refractivity contribution < 1.29 is 9.13 Å². The van der Waals surface area contributed by atoms with Gasteiger partial charge in [0.15, 0.2) is 0 Å². The Hall–Kier alpha value is -1.93. The predicted octanol–water partition coefficient (Wildman–Crippen LogP) is 3.78. The Bertz CT molecular complexity index is 610. The van der Waals surface area contributed by atoms with Gasteiger partial charge in [0.1, 0.15) is 23.2 Å². The smallest absolute Gasteiger partial charge is 0.223 e. The summed E-state index contributed by atoms with van der Waals surface area (Å²) in [5.74, 6) is -0.0822. The number of nitrogens with zero attached hydrogens (tertiary/aromatic N) is 2. The van der Waals surface area contributed by atoms with E-state index in [2.05, 4.69) is 20.9 Å². The lowest BCUT2D eigenvalue weighted by atomic mass is 10.2. The lowest BCUT2D eigenvalue weighted by Crippen LogP contribution is -1.96. The molecule has 5 heteroatoms. The van der Waals surface area contributed by atoms with Crippen molar-refractivity contribution in [2.75, 3.05) is 0 Å². The van der Waals surface area contributed by atoms with E-state index in [1.165, 1.54) is 18.2 Å². The fraction of sp³-hybridized carbons (Fsp3) is 0.0769. The first-order chi connectivity index (χ1) is 8.76. The van der Waals surface area contributed by atoms with E-state index in [1.54, 1.807) is 18.3 Å². The monoisotopic (exact) mass is 306 g/mol. The molecular weight excluding hydrogens is 299 g/mol. The van der Waals surface area contributed by atoms with Crippen molar-refractivity contribution >= 4 is 15.9 Å². The third-order valence-electron chi connectivity index (χ3n) is 2.29. The van der Waals surface area contributed by atoms with Crippen LogP contribution in [0.25, 0.3) is 0 Å². The number of ether oxygens (including phenoxy) is 1. The zero-order chi connectivity index (χ0) is 13.0. The van der Waals surface area contributed by atoms with Gasteiger partial charge in [-0.1, -0.05) is 28.1 Å². The molecule has 0 aliphatic carbocycles. The summed E-state index contributed by atoms with van der Waals surface area (Å²) in [5, 5.41) is 9.47. The molecule has 2 rings (SSSR count). The van der Waals surface area contributed by atoms with E-state index in [9.17, 15) is 4.39 Å². The molecule has 0 fully saturated rings. The minimum absolute atomic E-state index is 0.122. The van der Waals surface area contributed by atoms with Crippen LogP contribution in [0.2, 0.25) is 0 Å². The molecule has 90 valence electrons. The minimum Gasteiger partial charge on any atom is -0.437 e. The quantitative estimate of drug-likeness (QED) is 0.811. The summed E-state index contributed by atoms with van der Waals surface area (Å²) in [5.41, 5.74) is 0.703. The molecule has 0 aliphatic rings. The van der Waals surface area contributed by atoms with Crippen LogP contribution in [0.1, 0.15) is 11.1 Å². The Labute approximate surface area is 112 Å². The van der Waals surface area contributed by atoms with Crippen LogP contribution in [-0.4, -0.2) is 4.98 Å². The number of rotatable bonds is 3. The highest BCUT2D eigenvalue weighted by atomic mass is 79.9. The molecule has 0 atom stereocenters. The summed E-state index contributed by atoms with van der Waals surface area (Å²) in [7, 11) is 0.